The monoisotopic (exact) mass is 369 g/mol. The third-order valence-electron chi connectivity index (χ3n) is 3.78. The average molecular weight is 369 g/mol. The Morgan fingerprint density at radius 1 is 1.08 bits per heavy atom. The van der Waals surface area contributed by atoms with Gasteiger partial charge in [0.25, 0.3) is 5.69 Å². The summed E-state index contributed by atoms with van der Waals surface area (Å²) in [7, 11) is 0. The lowest BCUT2D eigenvalue weighted by Crippen LogP contribution is -2.17. The zero-order valence-corrected chi connectivity index (χ0v) is 14.2. The zero-order valence-electron chi connectivity index (χ0n) is 14.2. The number of benzene rings is 2. The van der Waals surface area contributed by atoms with Crippen molar-refractivity contribution in [1.82, 2.24) is 0 Å². The lowest BCUT2D eigenvalue weighted by molar-refractivity contribution is -0.384. The molecule has 8 heteroatoms. The van der Waals surface area contributed by atoms with E-state index in [1.54, 1.807) is 0 Å². The van der Waals surface area contributed by atoms with E-state index in [4.69, 9.17) is 4.74 Å². The number of nitrogens with zero attached hydrogens (tertiary/aromatic N) is 1. The Morgan fingerprint density at radius 3 is 2.19 bits per heavy atom. The van der Waals surface area contributed by atoms with Gasteiger partial charge in [-0.1, -0.05) is 26.0 Å². The predicted octanol–water partition coefficient (Wildman–Crippen LogP) is 5.73. The van der Waals surface area contributed by atoms with Gasteiger partial charge in [0.15, 0.2) is 0 Å². The van der Waals surface area contributed by atoms with Crippen LogP contribution in [0.1, 0.15) is 26.7 Å². The maximum Gasteiger partial charge on any atom is 0.573 e. The van der Waals surface area contributed by atoms with Gasteiger partial charge in [-0.2, -0.15) is 0 Å². The van der Waals surface area contributed by atoms with E-state index in [9.17, 15) is 23.3 Å². The number of hydrogen-bond acceptors (Lipinski definition) is 4. The summed E-state index contributed by atoms with van der Waals surface area (Å²) in [6, 6.07) is 9.30. The van der Waals surface area contributed by atoms with Crippen LogP contribution in [0.4, 0.5) is 18.9 Å². The lowest BCUT2D eigenvalue weighted by Gasteiger charge is -2.18. The minimum absolute atomic E-state index is 0.0666. The summed E-state index contributed by atoms with van der Waals surface area (Å²) in [5.41, 5.74) is 0.793. The van der Waals surface area contributed by atoms with Gasteiger partial charge in [0.1, 0.15) is 11.5 Å². The molecule has 0 aromatic heterocycles. The van der Waals surface area contributed by atoms with Crippen molar-refractivity contribution in [3.63, 3.8) is 0 Å². The quantitative estimate of drug-likeness (QED) is 0.462. The largest absolute Gasteiger partial charge is 0.573 e. The number of alkyl halides is 3. The highest BCUT2D eigenvalue weighted by atomic mass is 19.4. The second-order valence-corrected chi connectivity index (χ2v) is 5.57. The molecule has 0 fully saturated rings. The van der Waals surface area contributed by atoms with Crippen LogP contribution >= 0.6 is 0 Å². The number of ether oxygens (including phenoxy) is 2. The summed E-state index contributed by atoms with van der Waals surface area (Å²) in [6.07, 6.45) is -3.34. The molecule has 0 saturated carbocycles. The highest BCUT2D eigenvalue weighted by molar-refractivity contribution is 5.73. The third-order valence-corrected chi connectivity index (χ3v) is 3.78. The maximum absolute atomic E-state index is 12.3. The molecular weight excluding hydrogens is 351 g/mol. The van der Waals surface area contributed by atoms with Crippen molar-refractivity contribution in [3.8, 4) is 22.6 Å². The van der Waals surface area contributed by atoms with Crippen LogP contribution in [0.2, 0.25) is 0 Å². The first-order valence-electron chi connectivity index (χ1n) is 8.04. The Labute approximate surface area is 148 Å². The average Bonchev–Trinajstić information content (AvgIpc) is 2.59. The summed E-state index contributed by atoms with van der Waals surface area (Å²) >= 11 is 0. The van der Waals surface area contributed by atoms with Gasteiger partial charge in [0.05, 0.1) is 11.0 Å². The second-order valence-electron chi connectivity index (χ2n) is 5.57. The number of hydrogen-bond donors (Lipinski definition) is 0. The molecule has 5 nitrogen and oxygen atoms in total. The molecule has 0 amide bonds. The van der Waals surface area contributed by atoms with Crippen LogP contribution < -0.4 is 9.47 Å². The SMILES string of the molecule is CCC(CC)Oc1ccc([N+](=O)[O-])cc1-c1ccc(OC(F)(F)F)cc1. The normalized spacial score (nSPS) is 11.5. The lowest BCUT2D eigenvalue weighted by atomic mass is 10.0. The van der Waals surface area contributed by atoms with Crippen molar-refractivity contribution in [2.45, 2.75) is 39.2 Å². The molecule has 2 aromatic carbocycles. The topological polar surface area (TPSA) is 61.6 Å². The van der Waals surface area contributed by atoms with Gasteiger partial charge in [-0.3, -0.25) is 10.1 Å². The molecule has 0 radical (unpaired) electrons. The van der Waals surface area contributed by atoms with Gasteiger partial charge in [0.2, 0.25) is 0 Å². The standard InChI is InChI=1S/C18H18F3NO4/c1-3-14(4-2)25-17-10-7-13(22(23)24)11-16(17)12-5-8-15(9-6-12)26-18(19,20)21/h5-11,14H,3-4H2,1-2H3. The molecule has 0 bridgehead atoms. The van der Waals surface area contributed by atoms with Gasteiger partial charge in [-0.15, -0.1) is 13.2 Å². The Hall–Kier alpha value is -2.77. The number of halogens is 3. The van der Waals surface area contributed by atoms with Gasteiger partial charge in [0, 0.05) is 17.7 Å². The van der Waals surface area contributed by atoms with Crippen molar-refractivity contribution in [2.75, 3.05) is 0 Å². The van der Waals surface area contributed by atoms with Crippen LogP contribution in [0.15, 0.2) is 42.5 Å². The smallest absolute Gasteiger partial charge is 0.490 e. The molecule has 0 saturated heterocycles. The van der Waals surface area contributed by atoms with Gasteiger partial charge in [-0.25, -0.2) is 0 Å². The summed E-state index contributed by atoms with van der Waals surface area (Å²) in [6.45, 7) is 3.92. The highest BCUT2D eigenvalue weighted by Gasteiger charge is 2.31. The zero-order chi connectivity index (χ0) is 19.3. The van der Waals surface area contributed by atoms with Gasteiger partial charge in [-0.05, 0) is 36.6 Å². The fraction of sp³-hybridized carbons (Fsp3) is 0.333. The van der Waals surface area contributed by atoms with E-state index >= 15 is 0 Å². The van der Waals surface area contributed by atoms with Crippen LogP contribution in [-0.4, -0.2) is 17.4 Å². The summed E-state index contributed by atoms with van der Waals surface area (Å²) in [4.78, 5) is 10.5. The first-order valence-corrected chi connectivity index (χ1v) is 8.04. The van der Waals surface area contributed by atoms with E-state index in [2.05, 4.69) is 4.74 Å². The highest BCUT2D eigenvalue weighted by Crippen LogP contribution is 2.36. The molecule has 2 aromatic rings. The minimum atomic E-state index is -4.78. The number of rotatable bonds is 7. The first kappa shape index (κ1) is 19.6. The second kappa shape index (κ2) is 8.07. The Morgan fingerprint density at radius 2 is 1.69 bits per heavy atom. The molecular formula is C18H18F3NO4. The number of non-ortho nitro benzene ring substituents is 1. The first-order chi connectivity index (χ1) is 12.2. The van der Waals surface area contributed by atoms with Crippen molar-refractivity contribution in [3.05, 3.63) is 52.6 Å². The van der Waals surface area contributed by atoms with E-state index in [0.29, 0.717) is 16.9 Å². The molecule has 26 heavy (non-hydrogen) atoms. The molecule has 0 aliphatic rings. The van der Waals surface area contributed by atoms with E-state index in [1.165, 1.54) is 30.3 Å². The maximum atomic E-state index is 12.3. The van der Waals surface area contributed by atoms with Crippen molar-refractivity contribution in [2.24, 2.45) is 0 Å². The molecule has 0 spiro atoms. The summed E-state index contributed by atoms with van der Waals surface area (Å²) in [5, 5.41) is 11.1. The number of nitro benzene ring substituents is 1. The predicted molar refractivity (Wildman–Crippen MR) is 90.2 cm³/mol. The molecule has 0 atom stereocenters. The Kier molecular flexibility index (Phi) is 6.07. The van der Waals surface area contributed by atoms with E-state index in [0.717, 1.165) is 25.0 Å². The van der Waals surface area contributed by atoms with Gasteiger partial charge < -0.3 is 9.47 Å². The molecule has 0 unspecified atom stereocenters. The molecule has 2 rings (SSSR count). The third kappa shape index (κ3) is 5.11. The fourth-order valence-electron chi connectivity index (χ4n) is 2.43. The van der Waals surface area contributed by atoms with Crippen LogP contribution in [0, 0.1) is 10.1 Å². The molecule has 140 valence electrons. The number of nitro groups is 1. The van der Waals surface area contributed by atoms with Crippen LogP contribution in [0.5, 0.6) is 11.5 Å². The van der Waals surface area contributed by atoms with Crippen molar-refractivity contribution < 1.29 is 27.6 Å². The molecule has 0 aliphatic carbocycles. The van der Waals surface area contributed by atoms with Crippen LogP contribution in [-0.2, 0) is 0 Å². The fourth-order valence-corrected chi connectivity index (χ4v) is 2.43. The molecule has 0 heterocycles. The summed E-state index contributed by atoms with van der Waals surface area (Å²) < 4.78 is 46.6. The summed E-state index contributed by atoms with van der Waals surface area (Å²) in [5.74, 6) is 0.0722. The minimum Gasteiger partial charge on any atom is -0.490 e. The van der Waals surface area contributed by atoms with E-state index in [1.807, 2.05) is 13.8 Å². The van der Waals surface area contributed by atoms with Crippen LogP contribution in [0.3, 0.4) is 0 Å². The van der Waals surface area contributed by atoms with Crippen LogP contribution in [0.25, 0.3) is 11.1 Å². The Bertz CT molecular complexity index is 756. The Balaban J connectivity index is 2.41. The van der Waals surface area contributed by atoms with Crippen molar-refractivity contribution in [1.29, 1.82) is 0 Å². The van der Waals surface area contributed by atoms with E-state index in [-0.39, 0.29) is 17.5 Å². The molecule has 0 N–H and O–H groups in total. The van der Waals surface area contributed by atoms with Crippen molar-refractivity contribution >= 4 is 5.69 Å². The van der Waals surface area contributed by atoms with E-state index < -0.39 is 11.3 Å². The molecule has 0 aliphatic heterocycles. The van der Waals surface area contributed by atoms with Gasteiger partial charge >= 0.3 is 6.36 Å².